The number of aliphatic hydroxyl groups excluding tert-OH is 1. The van der Waals surface area contributed by atoms with Gasteiger partial charge in [0.05, 0.1) is 17.2 Å². The Labute approximate surface area is 119 Å². The average molecular weight is 305 g/mol. The topological polar surface area (TPSA) is 49.3 Å². The van der Waals surface area contributed by atoms with Crippen LogP contribution >= 0.6 is 0 Å². The molecule has 1 aliphatic rings. The minimum absolute atomic E-state index is 0.291. The highest BCUT2D eigenvalue weighted by Crippen LogP contribution is 2.40. The molecule has 0 aromatic heterocycles. The number of halogens is 4. The normalized spacial score (nSPS) is 24.3. The van der Waals surface area contributed by atoms with Crippen molar-refractivity contribution < 1.29 is 27.5 Å². The minimum Gasteiger partial charge on any atom is -0.392 e. The predicted molar refractivity (Wildman–Crippen MR) is 67.1 cm³/mol. The number of nitrogens with one attached hydrogen (secondary N) is 1. The first kappa shape index (κ1) is 15.8. The summed E-state index contributed by atoms with van der Waals surface area (Å²) < 4.78 is 51.6. The van der Waals surface area contributed by atoms with E-state index in [1.807, 2.05) is 0 Å². The van der Waals surface area contributed by atoms with Crippen LogP contribution in [0.4, 0.5) is 17.6 Å². The molecule has 3 nitrogen and oxygen atoms in total. The zero-order valence-electron chi connectivity index (χ0n) is 11.5. The second kappa shape index (κ2) is 4.98. The zero-order valence-corrected chi connectivity index (χ0v) is 11.5. The Balaban J connectivity index is 2.22. The first-order valence-electron chi connectivity index (χ1n) is 6.39. The number of aliphatic hydroxyl groups is 1. The lowest BCUT2D eigenvalue weighted by atomic mass is 9.64. The lowest BCUT2D eigenvalue weighted by Crippen LogP contribution is -2.61. The molecule has 0 heterocycles. The maximum Gasteiger partial charge on any atom is 0.419 e. The van der Waals surface area contributed by atoms with Gasteiger partial charge >= 0.3 is 6.18 Å². The summed E-state index contributed by atoms with van der Waals surface area (Å²) in [5.74, 6) is -2.50. The van der Waals surface area contributed by atoms with Crippen LogP contribution in [-0.2, 0) is 6.18 Å². The fourth-order valence-electron chi connectivity index (χ4n) is 2.31. The average Bonchev–Trinajstić information content (AvgIpc) is 2.37. The smallest absolute Gasteiger partial charge is 0.392 e. The lowest BCUT2D eigenvalue weighted by Gasteiger charge is -2.49. The number of alkyl halides is 3. The molecule has 1 aliphatic carbocycles. The number of hydrogen-bond acceptors (Lipinski definition) is 2. The molecule has 1 aromatic carbocycles. The van der Waals surface area contributed by atoms with Crippen LogP contribution in [0.5, 0.6) is 0 Å². The van der Waals surface area contributed by atoms with Crippen LogP contribution in [0.1, 0.15) is 36.2 Å². The van der Waals surface area contributed by atoms with Gasteiger partial charge in [-0.2, -0.15) is 13.2 Å². The molecule has 2 rings (SSSR count). The summed E-state index contributed by atoms with van der Waals surface area (Å²) in [7, 11) is 0. The molecule has 0 radical (unpaired) electrons. The second-order valence-corrected chi connectivity index (χ2v) is 5.76. The molecule has 1 aromatic rings. The van der Waals surface area contributed by atoms with Crippen molar-refractivity contribution in [1.29, 1.82) is 0 Å². The van der Waals surface area contributed by atoms with E-state index in [1.165, 1.54) is 0 Å². The highest BCUT2D eigenvalue weighted by molar-refractivity contribution is 5.95. The van der Waals surface area contributed by atoms with Crippen LogP contribution in [0.2, 0.25) is 0 Å². The predicted octanol–water partition coefficient (Wildman–Crippen LogP) is 2.73. The van der Waals surface area contributed by atoms with Crippen LogP contribution in [-0.4, -0.2) is 23.2 Å². The molecule has 2 N–H and O–H groups in total. The molecule has 0 bridgehead atoms. The Morgan fingerprint density at radius 1 is 1.38 bits per heavy atom. The summed E-state index contributed by atoms with van der Waals surface area (Å²) >= 11 is 0. The number of rotatable bonds is 2. The molecule has 21 heavy (non-hydrogen) atoms. The highest BCUT2D eigenvalue weighted by atomic mass is 19.4. The largest absolute Gasteiger partial charge is 0.419 e. The molecular formula is C14H15F4NO2. The van der Waals surface area contributed by atoms with E-state index in [4.69, 9.17) is 0 Å². The number of benzene rings is 1. The quantitative estimate of drug-likeness (QED) is 0.826. The fourth-order valence-corrected chi connectivity index (χ4v) is 2.31. The van der Waals surface area contributed by atoms with E-state index >= 15 is 0 Å². The Bertz CT molecular complexity index is 569. The summed E-state index contributed by atoms with van der Waals surface area (Å²) in [4.78, 5) is 11.9. The van der Waals surface area contributed by atoms with E-state index in [9.17, 15) is 27.5 Å². The molecule has 0 aliphatic heterocycles. The van der Waals surface area contributed by atoms with Gasteiger partial charge in [-0.1, -0.05) is 19.9 Å². The third kappa shape index (κ3) is 2.74. The van der Waals surface area contributed by atoms with Crippen molar-refractivity contribution in [2.24, 2.45) is 5.41 Å². The summed E-state index contributed by atoms with van der Waals surface area (Å²) in [5, 5.41) is 12.0. The zero-order chi connectivity index (χ0) is 16.0. The van der Waals surface area contributed by atoms with Gasteiger partial charge in [0, 0.05) is 11.5 Å². The molecule has 1 amide bonds. The van der Waals surface area contributed by atoms with Gasteiger partial charge < -0.3 is 10.4 Å². The summed E-state index contributed by atoms with van der Waals surface area (Å²) in [5.41, 5.74) is -2.71. The van der Waals surface area contributed by atoms with Crippen molar-refractivity contribution in [2.45, 2.75) is 38.6 Å². The number of carbonyl (C=O) groups is 1. The number of hydrogen-bond donors (Lipinski definition) is 2. The van der Waals surface area contributed by atoms with E-state index in [0.717, 1.165) is 12.1 Å². The SMILES string of the molecule is CC1(C)C(O)CC1NC(=O)c1cccc(C(F)(F)F)c1F. The van der Waals surface area contributed by atoms with Crippen LogP contribution in [0.3, 0.4) is 0 Å². The van der Waals surface area contributed by atoms with Gasteiger partial charge in [0.25, 0.3) is 5.91 Å². The maximum atomic E-state index is 13.8. The molecule has 2 atom stereocenters. The van der Waals surface area contributed by atoms with Crippen LogP contribution < -0.4 is 5.32 Å². The molecular weight excluding hydrogens is 290 g/mol. The van der Waals surface area contributed by atoms with E-state index in [2.05, 4.69) is 5.32 Å². The lowest BCUT2D eigenvalue weighted by molar-refractivity contribution is -0.140. The summed E-state index contributed by atoms with van der Waals surface area (Å²) in [6.45, 7) is 3.43. The van der Waals surface area contributed by atoms with Crippen molar-refractivity contribution in [1.82, 2.24) is 5.32 Å². The third-order valence-electron chi connectivity index (χ3n) is 4.07. The first-order chi connectivity index (χ1) is 9.55. The Morgan fingerprint density at radius 3 is 2.48 bits per heavy atom. The maximum absolute atomic E-state index is 13.8. The minimum atomic E-state index is -4.85. The monoisotopic (exact) mass is 305 g/mol. The van der Waals surface area contributed by atoms with Crippen molar-refractivity contribution in [3.05, 3.63) is 35.1 Å². The number of amides is 1. The van der Waals surface area contributed by atoms with Crippen LogP contribution in [0.15, 0.2) is 18.2 Å². The fraction of sp³-hybridized carbons (Fsp3) is 0.500. The van der Waals surface area contributed by atoms with Crippen molar-refractivity contribution in [3.63, 3.8) is 0 Å². The van der Waals surface area contributed by atoms with E-state index < -0.39 is 46.6 Å². The summed E-state index contributed by atoms with van der Waals surface area (Å²) in [6, 6.07) is 2.17. The Hall–Kier alpha value is -1.63. The van der Waals surface area contributed by atoms with E-state index in [-0.39, 0.29) is 0 Å². The van der Waals surface area contributed by atoms with Gasteiger partial charge in [-0.15, -0.1) is 0 Å². The van der Waals surface area contributed by atoms with Gasteiger partial charge in [-0.25, -0.2) is 4.39 Å². The van der Waals surface area contributed by atoms with E-state index in [0.29, 0.717) is 12.5 Å². The van der Waals surface area contributed by atoms with Gasteiger partial charge in [-0.3, -0.25) is 4.79 Å². The van der Waals surface area contributed by atoms with Crippen molar-refractivity contribution in [2.75, 3.05) is 0 Å². The number of carbonyl (C=O) groups excluding carboxylic acids is 1. The molecule has 0 saturated heterocycles. The second-order valence-electron chi connectivity index (χ2n) is 5.76. The molecule has 116 valence electrons. The van der Waals surface area contributed by atoms with Crippen molar-refractivity contribution >= 4 is 5.91 Å². The highest BCUT2D eigenvalue weighted by Gasteiger charge is 2.48. The van der Waals surface area contributed by atoms with Gasteiger partial charge in [0.15, 0.2) is 0 Å². The van der Waals surface area contributed by atoms with Crippen molar-refractivity contribution in [3.8, 4) is 0 Å². The third-order valence-corrected chi connectivity index (χ3v) is 4.07. The van der Waals surface area contributed by atoms with Crippen LogP contribution in [0, 0.1) is 11.2 Å². The van der Waals surface area contributed by atoms with Crippen LogP contribution in [0.25, 0.3) is 0 Å². The standard InChI is InChI=1S/C14H15F4NO2/c1-13(2)9(6-10(13)20)19-12(21)7-4-3-5-8(11(7)15)14(16,17)18/h3-5,9-10,20H,6H2,1-2H3,(H,19,21). The van der Waals surface area contributed by atoms with Gasteiger partial charge in [0.1, 0.15) is 5.82 Å². The summed E-state index contributed by atoms with van der Waals surface area (Å²) in [6.07, 6.45) is -5.17. The Kier molecular flexibility index (Phi) is 3.73. The molecule has 0 spiro atoms. The molecule has 7 heteroatoms. The van der Waals surface area contributed by atoms with E-state index in [1.54, 1.807) is 13.8 Å². The molecule has 1 fully saturated rings. The van der Waals surface area contributed by atoms with Gasteiger partial charge in [-0.05, 0) is 18.6 Å². The first-order valence-corrected chi connectivity index (χ1v) is 6.39. The van der Waals surface area contributed by atoms with Gasteiger partial charge in [0.2, 0.25) is 0 Å². The molecule has 2 unspecified atom stereocenters. The molecule has 1 saturated carbocycles. The Morgan fingerprint density at radius 2 is 2.00 bits per heavy atom.